The first-order valence-corrected chi connectivity index (χ1v) is 17.2. The first-order valence-electron chi connectivity index (χ1n) is 17.2. The Bertz CT molecular complexity index is 703. The van der Waals surface area contributed by atoms with Crippen LogP contribution < -0.4 is 0 Å². The van der Waals surface area contributed by atoms with Crippen molar-refractivity contribution in [3.63, 3.8) is 0 Å². The molecule has 2 rings (SSSR count). The molecule has 8 atom stereocenters. The molecule has 2 aliphatic heterocycles. The maximum atomic E-state index is 12.7. The zero-order valence-corrected chi connectivity index (χ0v) is 26.6. The van der Waals surface area contributed by atoms with Crippen LogP contribution in [-0.2, 0) is 19.0 Å². The van der Waals surface area contributed by atoms with Crippen LogP contribution in [0, 0.1) is 11.8 Å². The van der Waals surface area contributed by atoms with Crippen molar-refractivity contribution in [1.82, 2.24) is 0 Å². The quantitative estimate of drug-likeness (QED) is 0.0791. The minimum atomic E-state index is -1.58. The average Bonchev–Trinajstić information content (AvgIpc) is 2.98. The molecule has 0 aromatic carbocycles. The summed E-state index contributed by atoms with van der Waals surface area (Å²) in [7, 11) is 0. The molecule has 6 N–H and O–H groups in total. The van der Waals surface area contributed by atoms with Gasteiger partial charge in [0.25, 0.3) is 0 Å². The van der Waals surface area contributed by atoms with E-state index in [1.165, 1.54) is 77.0 Å². The van der Waals surface area contributed by atoms with Gasteiger partial charge in [-0.25, -0.2) is 0 Å². The monoisotopic (exact) mass is 618 g/mol. The van der Waals surface area contributed by atoms with Crippen LogP contribution in [0.15, 0.2) is 0 Å². The number of ether oxygens (including phenoxy) is 3. The van der Waals surface area contributed by atoms with E-state index in [9.17, 15) is 35.4 Å². The molecular formula is C33H62O10. The van der Waals surface area contributed by atoms with Gasteiger partial charge in [-0.15, -0.1) is 0 Å². The van der Waals surface area contributed by atoms with Crippen molar-refractivity contribution in [2.24, 2.45) is 11.8 Å². The summed E-state index contributed by atoms with van der Waals surface area (Å²) in [6.07, 6.45) is 9.99. The third-order valence-electron chi connectivity index (χ3n) is 9.13. The Morgan fingerprint density at radius 1 is 0.791 bits per heavy atom. The number of unbranched alkanes of at least 4 members (excludes halogenated alkanes) is 13. The van der Waals surface area contributed by atoms with Gasteiger partial charge in [-0.05, 0) is 19.3 Å². The smallest absolute Gasteiger partial charge is 0.186 e. The molecule has 10 heteroatoms. The molecule has 0 aliphatic carbocycles. The van der Waals surface area contributed by atoms with Gasteiger partial charge in [-0.2, -0.15) is 0 Å². The molecule has 0 amide bonds. The van der Waals surface area contributed by atoms with E-state index < -0.39 is 55.4 Å². The van der Waals surface area contributed by atoms with E-state index in [2.05, 4.69) is 0 Å². The second-order valence-electron chi connectivity index (χ2n) is 12.9. The van der Waals surface area contributed by atoms with Gasteiger partial charge in [0.2, 0.25) is 0 Å². The number of ketones is 1. The summed E-state index contributed by atoms with van der Waals surface area (Å²) in [4.78, 5) is 12.7. The molecule has 0 aromatic rings. The fourth-order valence-corrected chi connectivity index (χ4v) is 5.98. The zero-order valence-electron chi connectivity index (χ0n) is 26.6. The summed E-state index contributed by atoms with van der Waals surface area (Å²) >= 11 is 0. The van der Waals surface area contributed by atoms with Crippen molar-refractivity contribution < 1.29 is 49.6 Å². The summed E-state index contributed by atoms with van der Waals surface area (Å²) < 4.78 is 16.2. The van der Waals surface area contributed by atoms with E-state index in [0.29, 0.717) is 12.8 Å². The number of carbonyl (C=O) groups excluding carboxylic acids is 1. The van der Waals surface area contributed by atoms with E-state index >= 15 is 0 Å². The van der Waals surface area contributed by atoms with E-state index in [1.807, 2.05) is 0 Å². The van der Waals surface area contributed by atoms with Gasteiger partial charge in [0.05, 0.1) is 38.6 Å². The summed E-state index contributed by atoms with van der Waals surface area (Å²) in [6.45, 7) is 2.90. The maximum absolute atomic E-state index is 12.7. The first kappa shape index (κ1) is 38.5. The number of hydrogen-bond donors (Lipinski definition) is 6. The van der Waals surface area contributed by atoms with Gasteiger partial charge in [0, 0.05) is 24.7 Å². The number of hydrogen-bond acceptors (Lipinski definition) is 10. The number of aliphatic hydroxyl groups excluding tert-OH is 6. The fourth-order valence-electron chi connectivity index (χ4n) is 5.98. The topological polar surface area (TPSA) is 166 Å². The third kappa shape index (κ3) is 15.0. The average molecular weight is 619 g/mol. The molecule has 2 heterocycles. The van der Waals surface area contributed by atoms with Gasteiger partial charge in [0.1, 0.15) is 30.2 Å². The lowest BCUT2D eigenvalue weighted by molar-refractivity contribution is -0.304. The van der Waals surface area contributed by atoms with Crippen LogP contribution in [0.2, 0.25) is 0 Å². The number of aliphatic hydroxyl groups is 6. The number of Topliss-reactive ketones (excluding diaryl/α,β-unsaturated/α-hetero) is 1. The normalized spacial score (nSPS) is 26.6. The van der Waals surface area contributed by atoms with E-state index in [-0.39, 0.29) is 18.8 Å². The molecule has 10 nitrogen and oxygen atoms in total. The molecule has 254 valence electrons. The molecule has 2 aliphatic rings. The Hall–Kier alpha value is -0.690. The summed E-state index contributed by atoms with van der Waals surface area (Å²) in [5.41, 5.74) is 0. The summed E-state index contributed by atoms with van der Waals surface area (Å²) in [5, 5.41) is 60.3. The highest BCUT2D eigenvalue weighted by atomic mass is 16.7. The minimum Gasteiger partial charge on any atom is -0.394 e. The van der Waals surface area contributed by atoms with Gasteiger partial charge in [-0.3, -0.25) is 4.79 Å². The van der Waals surface area contributed by atoms with Crippen molar-refractivity contribution >= 4 is 5.78 Å². The predicted molar refractivity (Wildman–Crippen MR) is 163 cm³/mol. The maximum Gasteiger partial charge on any atom is 0.186 e. The Labute approximate surface area is 259 Å². The highest BCUT2D eigenvalue weighted by molar-refractivity contribution is 5.78. The molecule has 0 spiro atoms. The predicted octanol–water partition coefficient (Wildman–Crippen LogP) is 3.40. The highest BCUT2D eigenvalue weighted by Crippen LogP contribution is 2.25. The summed E-state index contributed by atoms with van der Waals surface area (Å²) in [6, 6.07) is 0. The third-order valence-corrected chi connectivity index (χ3v) is 9.13. The zero-order chi connectivity index (χ0) is 31.5. The van der Waals surface area contributed by atoms with Crippen LogP contribution >= 0.6 is 0 Å². The van der Waals surface area contributed by atoms with Gasteiger partial charge >= 0.3 is 0 Å². The largest absolute Gasteiger partial charge is 0.394 e. The van der Waals surface area contributed by atoms with Crippen molar-refractivity contribution in [1.29, 1.82) is 0 Å². The fraction of sp³-hybridized carbons (Fsp3) is 0.970. The van der Waals surface area contributed by atoms with Crippen LogP contribution in [0.5, 0.6) is 0 Å². The molecular weight excluding hydrogens is 556 g/mol. The lowest BCUT2D eigenvalue weighted by Crippen LogP contribution is -2.59. The standard InChI is InChI=1S/C33H62O10/c1-2-27(36)29(37)25(23-42-33-32(40)31(39)30(38)28(20-34)43-33)19-26(35)18-16-14-12-10-8-6-4-3-5-7-9-11-13-15-17-24-21-41-22-24/h24-25,27-34,36-40H,2-23H2,1H3/t25-,27+,28?,29-,30?,31?,32?,33?/m0/s1. The first-order chi connectivity index (χ1) is 20.8. The lowest BCUT2D eigenvalue weighted by atomic mass is 9.90. The lowest BCUT2D eigenvalue weighted by Gasteiger charge is -2.40. The molecule has 0 bridgehead atoms. The van der Waals surface area contributed by atoms with Crippen molar-refractivity contribution in [3.05, 3.63) is 0 Å². The summed E-state index contributed by atoms with van der Waals surface area (Å²) in [5.74, 6) is 0.0743. The second-order valence-corrected chi connectivity index (χ2v) is 12.9. The van der Waals surface area contributed by atoms with Gasteiger partial charge in [0.15, 0.2) is 6.29 Å². The van der Waals surface area contributed by atoms with Crippen LogP contribution in [0.25, 0.3) is 0 Å². The Kier molecular flexibility index (Phi) is 20.4. The van der Waals surface area contributed by atoms with Gasteiger partial charge < -0.3 is 44.8 Å². The molecule has 5 unspecified atom stereocenters. The molecule has 2 saturated heterocycles. The van der Waals surface area contributed by atoms with Crippen molar-refractivity contribution in [2.45, 2.75) is 165 Å². The van der Waals surface area contributed by atoms with E-state index in [4.69, 9.17) is 14.2 Å². The highest BCUT2D eigenvalue weighted by Gasteiger charge is 2.44. The van der Waals surface area contributed by atoms with Crippen LogP contribution in [0.4, 0.5) is 0 Å². The number of rotatable bonds is 26. The van der Waals surface area contributed by atoms with Crippen LogP contribution in [-0.4, -0.2) is 106 Å². The molecule has 0 saturated carbocycles. The van der Waals surface area contributed by atoms with E-state index in [0.717, 1.165) is 38.4 Å². The van der Waals surface area contributed by atoms with E-state index in [1.54, 1.807) is 6.92 Å². The SMILES string of the molecule is CC[C@@H](O)[C@@H](O)[C@H](COC1OC(CO)C(O)C(O)C1O)CC(=O)CCCCCCCCCCCCCCCCC1COC1. The van der Waals surface area contributed by atoms with Crippen molar-refractivity contribution in [3.8, 4) is 0 Å². The Morgan fingerprint density at radius 3 is 1.81 bits per heavy atom. The molecule has 43 heavy (non-hydrogen) atoms. The minimum absolute atomic E-state index is 0.00550. The molecule has 0 aromatic heterocycles. The molecule has 0 radical (unpaired) electrons. The Morgan fingerprint density at radius 2 is 1.33 bits per heavy atom. The van der Waals surface area contributed by atoms with Crippen LogP contribution in [0.1, 0.15) is 122 Å². The second kappa shape index (κ2) is 22.8. The molecule has 2 fully saturated rings. The van der Waals surface area contributed by atoms with Gasteiger partial charge in [-0.1, -0.05) is 90.4 Å². The van der Waals surface area contributed by atoms with Crippen LogP contribution in [0.3, 0.4) is 0 Å². The number of carbonyl (C=O) groups is 1. The Balaban J connectivity index is 1.52. The van der Waals surface area contributed by atoms with Crippen molar-refractivity contribution in [2.75, 3.05) is 26.4 Å².